The number of hydrogen-bond acceptors (Lipinski definition) is 8. The molecule has 0 unspecified atom stereocenters. The van der Waals surface area contributed by atoms with E-state index in [-0.39, 0.29) is 15.4 Å². The van der Waals surface area contributed by atoms with Gasteiger partial charge >= 0.3 is 0 Å². The Morgan fingerprint density at radius 1 is 0.971 bits per heavy atom. The van der Waals surface area contributed by atoms with E-state index in [0.29, 0.717) is 5.69 Å². The number of nitrogens with one attached hydrogen (secondary N) is 1. The van der Waals surface area contributed by atoms with Crippen LogP contribution in [0.5, 0.6) is 0 Å². The van der Waals surface area contributed by atoms with Gasteiger partial charge in [0, 0.05) is 33.5 Å². The molecule has 2 aromatic carbocycles. The highest BCUT2D eigenvalue weighted by Gasteiger charge is 2.24. The van der Waals surface area contributed by atoms with E-state index in [2.05, 4.69) is 10.2 Å². The first-order chi connectivity index (χ1) is 15.9. The highest BCUT2D eigenvalue weighted by atomic mass is 32.2. The van der Waals surface area contributed by atoms with Crippen LogP contribution in [0.25, 0.3) is 0 Å². The number of amides is 1. The van der Waals surface area contributed by atoms with Crippen LogP contribution in [0, 0.1) is 0 Å². The van der Waals surface area contributed by atoms with Gasteiger partial charge in [0.25, 0.3) is 11.9 Å². The number of carboxylic acids is 2. The lowest BCUT2D eigenvalue weighted by Crippen LogP contribution is -2.28. The summed E-state index contributed by atoms with van der Waals surface area (Å²) in [5.41, 5.74) is 12.6. The topological polar surface area (TPSA) is 193 Å². The summed E-state index contributed by atoms with van der Waals surface area (Å²) in [7, 11) is -3.90. The third kappa shape index (κ3) is 8.71. The van der Waals surface area contributed by atoms with Crippen molar-refractivity contribution in [1.82, 2.24) is 5.32 Å². The van der Waals surface area contributed by atoms with Gasteiger partial charge in [0.2, 0.25) is 15.7 Å². The lowest BCUT2D eigenvalue weighted by atomic mass is 10.2. The summed E-state index contributed by atoms with van der Waals surface area (Å²) in [5, 5.41) is 18.2. The fourth-order valence-electron chi connectivity index (χ4n) is 3.11. The van der Waals surface area contributed by atoms with Crippen molar-refractivity contribution in [3.63, 3.8) is 0 Å². The molecule has 1 fully saturated rings. The molecular weight excluding hydrogens is 464 g/mol. The van der Waals surface area contributed by atoms with Gasteiger partial charge in [-0.15, -0.1) is 0 Å². The van der Waals surface area contributed by atoms with Crippen molar-refractivity contribution in [1.29, 1.82) is 0 Å². The second kappa shape index (κ2) is 13.2. The SMILES string of the molecule is CC(=O)O.CC(=O)O.NC(=O)c1ccccc1S(=O)(=O)c1ccc(N2CCCNCC2)c(N)c1. The number of rotatable bonds is 4. The van der Waals surface area contributed by atoms with E-state index >= 15 is 0 Å². The van der Waals surface area contributed by atoms with Crippen molar-refractivity contribution >= 4 is 39.1 Å². The molecule has 0 spiro atoms. The van der Waals surface area contributed by atoms with E-state index in [0.717, 1.165) is 52.1 Å². The zero-order valence-corrected chi connectivity index (χ0v) is 19.8. The standard InChI is InChI=1S/C18H22N4O3S.2C2H4O2/c19-15-12-13(6-7-16(15)22-10-3-8-21-9-11-22)26(24,25)17-5-2-1-4-14(17)18(20)23;2*1-2(3)4/h1-2,4-7,12,21H,3,8-11,19H2,(H2,20,23);2*1H3,(H,3,4). The molecule has 7 N–H and O–H groups in total. The molecule has 0 bridgehead atoms. The summed E-state index contributed by atoms with van der Waals surface area (Å²) in [6, 6.07) is 10.6. The maximum Gasteiger partial charge on any atom is 0.300 e. The van der Waals surface area contributed by atoms with Gasteiger partial charge in [-0.2, -0.15) is 0 Å². The van der Waals surface area contributed by atoms with Gasteiger partial charge in [0.05, 0.1) is 26.7 Å². The second-order valence-electron chi connectivity index (χ2n) is 7.21. The molecule has 0 aromatic heterocycles. The number of nitrogens with two attached hydrogens (primary N) is 2. The summed E-state index contributed by atoms with van der Waals surface area (Å²) in [4.78, 5) is 31.7. The molecule has 2 aromatic rings. The zero-order chi connectivity index (χ0) is 25.9. The first kappa shape index (κ1) is 28.4. The van der Waals surface area contributed by atoms with Crippen LogP contribution in [-0.4, -0.2) is 62.7 Å². The molecule has 0 atom stereocenters. The first-order valence-electron chi connectivity index (χ1n) is 10.3. The van der Waals surface area contributed by atoms with Crippen LogP contribution in [0.4, 0.5) is 11.4 Å². The molecule has 0 radical (unpaired) electrons. The van der Waals surface area contributed by atoms with Gasteiger partial charge in [-0.05, 0) is 43.3 Å². The predicted octanol–water partition coefficient (Wildman–Crippen LogP) is 1.18. The number of sulfone groups is 1. The highest BCUT2D eigenvalue weighted by molar-refractivity contribution is 7.91. The van der Waals surface area contributed by atoms with Gasteiger partial charge in [0.15, 0.2) is 0 Å². The fraction of sp³-hybridized carbons (Fsp3) is 0.318. The number of anilines is 2. The number of carbonyl (C=O) groups is 3. The summed E-state index contributed by atoms with van der Waals surface area (Å²) in [6.07, 6.45) is 0.992. The van der Waals surface area contributed by atoms with Crippen molar-refractivity contribution in [3.05, 3.63) is 48.0 Å². The van der Waals surface area contributed by atoms with Crippen molar-refractivity contribution in [2.45, 2.75) is 30.1 Å². The lowest BCUT2D eigenvalue weighted by Gasteiger charge is -2.24. The zero-order valence-electron chi connectivity index (χ0n) is 19.0. The normalized spacial score (nSPS) is 13.3. The molecule has 186 valence electrons. The van der Waals surface area contributed by atoms with Crippen molar-refractivity contribution < 1.29 is 33.0 Å². The lowest BCUT2D eigenvalue weighted by molar-refractivity contribution is -0.135. The number of hydrogen-bond donors (Lipinski definition) is 5. The van der Waals surface area contributed by atoms with Gasteiger partial charge in [-0.1, -0.05) is 12.1 Å². The smallest absolute Gasteiger partial charge is 0.300 e. The largest absolute Gasteiger partial charge is 0.481 e. The summed E-state index contributed by atoms with van der Waals surface area (Å²) < 4.78 is 25.9. The Morgan fingerprint density at radius 3 is 2.12 bits per heavy atom. The monoisotopic (exact) mass is 494 g/mol. The maximum atomic E-state index is 13.0. The number of primary amides is 1. The Bertz CT molecular complexity index is 1090. The summed E-state index contributed by atoms with van der Waals surface area (Å²) >= 11 is 0. The predicted molar refractivity (Wildman–Crippen MR) is 128 cm³/mol. The number of nitrogen functional groups attached to an aromatic ring is 1. The average Bonchev–Trinajstić information content (AvgIpc) is 3.02. The van der Waals surface area contributed by atoms with Crippen LogP contribution >= 0.6 is 0 Å². The van der Waals surface area contributed by atoms with Gasteiger partial charge in [-0.25, -0.2) is 8.42 Å². The molecule has 1 saturated heterocycles. The van der Waals surface area contributed by atoms with E-state index in [1.54, 1.807) is 18.2 Å². The molecule has 0 saturated carbocycles. The molecule has 1 aliphatic rings. The van der Waals surface area contributed by atoms with Gasteiger partial charge in [-0.3, -0.25) is 14.4 Å². The Labute approximate surface area is 198 Å². The van der Waals surface area contributed by atoms with Crippen molar-refractivity contribution in [2.75, 3.05) is 36.8 Å². The third-order valence-corrected chi connectivity index (χ3v) is 6.24. The molecule has 3 rings (SSSR count). The maximum absolute atomic E-state index is 13.0. The molecule has 0 aliphatic carbocycles. The van der Waals surface area contributed by atoms with E-state index in [1.165, 1.54) is 24.3 Å². The molecule has 1 amide bonds. The average molecular weight is 495 g/mol. The first-order valence-corrected chi connectivity index (χ1v) is 11.7. The number of carbonyl (C=O) groups excluding carboxylic acids is 1. The van der Waals surface area contributed by atoms with E-state index in [4.69, 9.17) is 31.3 Å². The van der Waals surface area contributed by atoms with Crippen LogP contribution < -0.4 is 21.7 Å². The van der Waals surface area contributed by atoms with Crippen LogP contribution in [0.15, 0.2) is 52.3 Å². The number of aliphatic carboxylic acids is 2. The van der Waals surface area contributed by atoms with Crippen LogP contribution in [0.2, 0.25) is 0 Å². The third-order valence-electron chi connectivity index (χ3n) is 4.43. The number of nitrogens with zero attached hydrogens (tertiary/aromatic N) is 1. The molecule has 11 nitrogen and oxygen atoms in total. The van der Waals surface area contributed by atoms with Gasteiger partial charge < -0.3 is 31.9 Å². The van der Waals surface area contributed by atoms with E-state index < -0.39 is 27.7 Å². The van der Waals surface area contributed by atoms with Crippen molar-refractivity contribution in [3.8, 4) is 0 Å². The minimum atomic E-state index is -3.90. The van der Waals surface area contributed by atoms with Gasteiger partial charge in [0.1, 0.15) is 0 Å². The number of carboxylic acid groups (broad SMARTS) is 2. The summed E-state index contributed by atoms with van der Waals surface area (Å²) in [5.74, 6) is -2.45. The molecular formula is C22H30N4O7S. The fourth-order valence-corrected chi connectivity index (χ4v) is 4.61. The Morgan fingerprint density at radius 2 is 1.56 bits per heavy atom. The van der Waals surface area contributed by atoms with Crippen molar-refractivity contribution in [2.24, 2.45) is 5.73 Å². The van der Waals surface area contributed by atoms with E-state index in [9.17, 15) is 13.2 Å². The van der Waals surface area contributed by atoms with E-state index in [1.807, 2.05) is 0 Å². The minimum Gasteiger partial charge on any atom is -0.481 e. The van der Waals surface area contributed by atoms with Crippen LogP contribution in [0.3, 0.4) is 0 Å². The number of benzene rings is 2. The molecule has 1 heterocycles. The van der Waals surface area contributed by atoms with Crippen LogP contribution in [-0.2, 0) is 19.4 Å². The molecule has 12 heteroatoms. The second-order valence-corrected chi connectivity index (χ2v) is 9.13. The summed E-state index contributed by atoms with van der Waals surface area (Å²) in [6.45, 7) is 5.63. The quantitative estimate of drug-likeness (QED) is 0.385. The van der Waals surface area contributed by atoms with Crippen LogP contribution in [0.1, 0.15) is 30.6 Å². The molecule has 34 heavy (non-hydrogen) atoms. The Hall–Kier alpha value is -3.64. The minimum absolute atomic E-state index is 0.0336. The molecule has 1 aliphatic heterocycles. The Balaban J connectivity index is 0.000000629. The Kier molecular flexibility index (Phi) is 11.0. The highest BCUT2D eigenvalue weighted by Crippen LogP contribution is 2.30.